The number of nitrogens with one attached hydrogen (secondary N) is 1. The van der Waals surface area contributed by atoms with Crippen LogP contribution in [0.4, 0.5) is 0 Å². The summed E-state index contributed by atoms with van der Waals surface area (Å²) in [6, 6.07) is 5.86. The summed E-state index contributed by atoms with van der Waals surface area (Å²) in [6.45, 7) is 2.30. The standard InChI is InChI=1S/C16H19NO3/c1-9(10-2-3-14-15(7-10)20-8-19-14)17-16(18)13-5-11-4-12(11)6-13/h2-3,7,9,11-13H,4-6,8H2,1H3,(H,17,18). The van der Waals surface area contributed by atoms with Gasteiger partial charge in [-0.15, -0.1) is 0 Å². The fourth-order valence-corrected chi connectivity index (χ4v) is 3.53. The van der Waals surface area contributed by atoms with Crippen molar-refractivity contribution in [2.75, 3.05) is 6.79 Å². The van der Waals surface area contributed by atoms with Gasteiger partial charge in [-0.05, 0) is 55.7 Å². The second-order valence-corrected chi connectivity index (χ2v) is 6.27. The molecule has 2 saturated carbocycles. The lowest BCUT2D eigenvalue weighted by Gasteiger charge is -2.18. The molecule has 0 radical (unpaired) electrons. The molecule has 3 atom stereocenters. The maximum absolute atomic E-state index is 12.3. The molecular formula is C16H19NO3. The Morgan fingerprint density at radius 3 is 2.75 bits per heavy atom. The summed E-state index contributed by atoms with van der Waals surface area (Å²) in [5.41, 5.74) is 1.06. The maximum Gasteiger partial charge on any atom is 0.231 e. The Kier molecular flexibility index (Phi) is 2.65. The van der Waals surface area contributed by atoms with Crippen molar-refractivity contribution in [2.24, 2.45) is 17.8 Å². The second-order valence-electron chi connectivity index (χ2n) is 6.27. The van der Waals surface area contributed by atoms with Gasteiger partial charge in [-0.3, -0.25) is 4.79 Å². The molecule has 4 heteroatoms. The van der Waals surface area contributed by atoms with Gasteiger partial charge in [0.2, 0.25) is 12.7 Å². The van der Waals surface area contributed by atoms with E-state index in [9.17, 15) is 4.79 Å². The Morgan fingerprint density at radius 1 is 1.20 bits per heavy atom. The summed E-state index contributed by atoms with van der Waals surface area (Å²) in [4.78, 5) is 12.3. The van der Waals surface area contributed by atoms with Crippen molar-refractivity contribution in [2.45, 2.75) is 32.2 Å². The molecule has 1 aromatic rings. The first-order valence-corrected chi connectivity index (χ1v) is 7.40. The molecule has 3 unspecified atom stereocenters. The van der Waals surface area contributed by atoms with E-state index in [0.717, 1.165) is 41.7 Å². The van der Waals surface area contributed by atoms with Crippen LogP contribution < -0.4 is 14.8 Å². The van der Waals surface area contributed by atoms with Crippen LogP contribution >= 0.6 is 0 Å². The van der Waals surface area contributed by atoms with Crippen LogP contribution in [0.5, 0.6) is 11.5 Å². The van der Waals surface area contributed by atoms with E-state index >= 15 is 0 Å². The summed E-state index contributed by atoms with van der Waals surface area (Å²) >= 11 is 0. The van der Waals surface area contributed by atoms with Gasteiger partial charge in [-0.2, -0.15) is 0 Å². The van der Waals surface area contributed by atoms with Gasteiger partial charge in [0.25, 0.3) is 0 Å². The minimum absolute atomic E-state index is 0.00827. The van der Waals surface area contributed by atoms with Gasteiger partial charge < -0.3 is 14.8 Å². The SMILES string of the molecule is CC(NC(=O)C1CC2CC2C1)c1ccc2c(c1)OCO2. The Balaban J connectivity index is 1.42. The van der Waals surface area contributed by atoms with Gasteiger partial charge in [0.1, 0.15) is 0 Å². The number of rotatable bonds is 3. The third kappa shape index (κ3) is 2.03. The van der Waals surface area contributed by atoms with Gasteiger partial charge in [0.15, 0.2) is 11.5 Å². The first-order valence-electron chi connectivity index (χ1n) is 7.40. The first-order chi connectivity index (χ1) is 9.70. The highest BCUT2D eigenvalue weighted by molar-refractivity contribution is 5.79. The number of benzene rings is 1. The number of carbonyl (C=O) groups is 1. The fourth-order valence-electron chi connectivity index (χ4n) is 3.53. The monoisotopic (exact) mass is 273 g/mol. The van der Waals surface area contributed by atoms with E-state index in [1.807, 2.05) is 25.1 Å². The normalized spacial score (nSPS) is 30.8. The molecule has 3 aliphatic rings. The second kappa shape index (κ2) is 4.40. The third-order valence-electron chi connectivity index (χ3n) is 4.87. The Hall–Kier alpha value is -1.71. The van der Waals surface area contributed by atoms with Gasteiger partial charge in [0.05, 0.1) is 6.04 Å². The largest absolute Gasteiger partial charge is 0.454 e. The van der Waals surface area contributed by atoms with E-state index in [2.05, 4.69) is 5.32 Å². The van der Waals surface area contributed by atoms with Gasteiger partial charge in [-0.25, -0.2) is 0 Å². The first kappa shape index (κ1) is 12.1. The average Bonchev–Trinajstić information content (AvgIpc) is 2.90. The van der Waals surface area contributed by atoms with Gasteiger partial charge >= 0.3 is 0 Å². The van der Waals surface area contributed by atoms with Gasteiger partial charge in [0, 0.05) is 5.92 Å². The minimum atomic E-state index is 0.00827. The summed E-state index contributed by atoms with van der Waals surface area (Å²) in [7, 11) is 0. The van der Waals surface area contributed by atoms with Gasteiger partial charge in [-0.1, -0.05) is 6.07 Å². The van der Waals surface area contributed by atoms with E-state index < -0.39 is 0 Å². The van der Waals surface area contributed by atoms with Crippen molar-refractivity contribution in [3.05, 3.63) is 23.8 Å². The quantitative estimate of drug-likeness (QED) is 0.921. The lowest BCUT2D eigenvalue weighted by Crippen LogP contribution is -2.32. The molecule has 4 nitrogen and oxygen atoms in total. The number of ether oxygens (including phenoxy) is 2. The molecule has 106 valence electrons. The Morgan fingerprint density at radius 2 is 1.95 bits per heavy atom. The van der Waals surface area contributed by atoms with Crippen molar-refractivity contribution in [1.29, 1.82) is 0 Å². The highest BCUT2D eigenvalue weighted by atomic mass is 16.7. The van der Waals surface area contributed by atoms with Crippen LogP contribution in [0.15, 0.2) is 18.2 Å². The van der Waals surface area contributed by atoms with E-state index in [1.54, 1.807) is 0 Å². The minimum Gasteiger partial charge on any atom is -0.454 e. The lowest BCUT2D eigenvalue weighted by atomic mass is 10.0. The zero-order chi connectivity index (χ0) is 13.7. The number of carbonyl (C=O) groups excluding carboxylic acids is 1. The highest BCUT2D eigenvalue weighted by Crippen LogP contribution is 2.54. The van der Waals surface area contributed by atoms with Crippen LogP contribution in [0, 0.1) is 17.8 Å². The topological polar surface area (TPSA) is 47.6 Å². The van der Waals surface area contributed by atoms with E-state index in [1.165, 1.54) is 6.42 Å². The average molecular weight is 273 g/mol. The number of fused-ring (bicyclic) bond motifs is 2. The van der Waals surface area contributed by atoms with Crippen LogP contribution in [-0.4, -0.2) is 12.7 Å². The molecule has 0 saturated heterocycles. The van der Waals surface area contributed by atoms with E-state index in [4.69, 9.17) is 9.47 Å². The molecule has 4 rings (SSSR count). The van der Waals surface area contributed by atoms with Crippen molar-refractivity contribution < 1.29 is 14.3 Å². The summed E-state index contributed by atoms with van der Waals surface area (Å²) in [5, 5.41) is 3.14. The van der Waals surface area contributed by atoms with Crippen LogP contribution in [0.3, 0.4) is 0 Å². The van der Waals surface area contributed by atoms with Crippen LogP contribution in [0.25, 0.3) is 0 Å². The molecular weight excluding hydrogens is 254 g/mol. The molecule has 1 aliphatic heterocycles. The van der Waals surface area contributed by atoms with Crippen LogP contribution in [0.2, 0.25) is 0 Å². The fraction of sp³-hybridized carbons (Fsp3) is 0.562. The molecule has 0 spiro atoms. The lowest BCUT2D eigenvalue weighted by molar-refractivity contribution is -0.125. The number of hydrogen-bond donors (Lipinski definition) is 1. The smallest absolute Gasteiger partial charge is 0.231 e. The molecule has 1 N–H and O–H groups in total. The maximum atomic E-state index is 12.3. The van der Waals surface area contributed by atoms with Crippen LogP contribution in [0.1, 0.15) is 37.8 Å². The van der Waals surface area contributed by atoms with Crippen LogP contribution in [-0.2, 0) is 4.79 Å². The van der Waals surface area contributed by atoms with Crippen molar-refractivity contribution in [1.82, 2.24) is 5.32 Å². The molecule has 2 aliphatic carbocycles. The van der Waals surface area contributed by atoms with Crippen molar-refractivity contribution in [3.8, 4) is 11.5 Å². The third-order valence-corrected chi connectivity index (χ3v) is 4.87. The van der Waals surface area contributed by atoms with Crippen molar-refractivity contribution >= 4 is 5.91 Å². The predicted octanol–water partition coefficient (Wildman–Crippen LogP) is 2.64. The molecule has 0 bridgehead atoms. The zero-order valence-electron chi connectivity index (χ0n) is 11.6. The molecule has 1 heterocycles. The Labute approximate surface area is 118 Å². The van der Waals surface area contributed by atoms with E-state index in [-0.39, 0.29) is 24.7 Å². The highest BCUT2D eigenvalue weighted by Gasteiger charge is 2.48. The molecule has 1 amide bonds. The summed E-state index contributed by atoms with van der Waals surface area (Å²) < 4.78 is 10.7. The Bertz CT molecular complexity index is 547. The zero-order valence-corrected chi connectivity index (χ0v) is 11.6. The number of hydrogen-bond acceptors (Lipinski definition) is 3. The molecule has 20 heavy (non-hydrogen) atoms. The van der Waals surface area contributed by atoms with E-state index in [0.29, 0.717) is 0 Å². The molecule has 1 aromatic carbocycles. The van der Waals surface area contributed by atoms with Crippen molar-refractivity contribution in [3.63, 3.8) is 0 Å². The predicted molar refractivity (Wildman–Crippen MR) is 73.4 cm³/mol. The number of amides is 1. The molecule has 0 aromatic heterocycles. The summed E-state index contributed by atoms with van der Waals surface area (Å²) in [6.07, 6.45) is 3.52. The molecule has 2 fully saturated rings. The summed E-state index contributed by atoms with van der Waals surface area (Å²) in [5.74, 6) is 3.67.